The second-order valence-electron chi connectivity index (χ2n) is 6.07. The topological polar surface area (TPSA) is 59.7 Å². The summed E-state index contributed by atoms with van der Waals surface area (Å²) in [4.78, 5) is 11.9. The van der Waals surface area contributed by atoms with Crippen LogP contribution in [0.4, 0.5) is 0 Å². The van der Waals surface area contributed by atoms with Crippen molar-refractivity contribution in [1.82, 2.24) is 0 Å². The molecule has 0 amide bonds. The molecule has 5 heteroatoms. The lowest BCUT2D eigenvalue weighted by molar-refractivity contribution is 0.0692. The quantitative estimate of drug-likeness (QED) is 0.777. The first-order valence-electron chi connectivity index (χ1n) is 8.28. The molecule has 1 heterocycles. The molecule has 3 rings (SSSR count). The van der Waals surface area contributed by atoms with Gasteiger partial charge < -0.3 is 14.3 Å². The molecule has 0 spiro atoms. The first-order chi connectivity index (χ1) is 11.7. The Balaban J connectivity index is 1.90. The van der Waals surface area contributed by atoms with E-state index in [0.717, 1.165) is 16.7 Å². The predicted octanol–water partition coefficient (Wildman–Crippen LogP) is 5.22. The highest BCUT2D eigenvalue weighted by Crippen LogP contribution is 2.38. The highest BCUT2D eigenvalue weighted by Gasteiger charge is 2.22. The van der Waals surface area contributed by atoms with Gasteiger partial charge in [-0.05, 0) is 24.5 Å². The van der Waals surface area contributed by atoms with E-state index in [4.69, 9.17) is 9.15 Å². The molecule has 0 atom stereocenters. The molecular weight excluding hydrogens is 324 g/mol. The first-order valence-corrected chi connectivity index (χ1v) is 9.33. The monoisotopic (exact) mass is 346 g/mol. The van der Waals surface area contributed by atoms with Crippen molar-refractivity contribution < 1.29 is 19.1 Å². The van der Waals surface area contributed by atoms with Gasteiger partial charge in [0.25, 0.3) is 0 Å². The Labute approximate surface area is 146 Å². The molecule has 1 N–H and O–H groups in total. The van der Waals surface area contributed by atoms with Crippen molar-refractivity contribution in [3.8, 4) is 16.9 Å². The standard InChI is InChI=1S/C19H22O4S/c1-22-18-16(13-9-10-23-11-13)8-7-14(17(18)19(20)21)12-24-15-5-3-2-4-6-15/h7-11,15H,2-6,12H2,1H3,(H,20,21). The van der Waals surface area contributed by atoms with Gasteiger partial charge in [-0.2, -0.15) is 11.8 Å². The Hall–Kier alpha value is -1.88. The summed E-state index contributed by atoms with van der Waals surface area (Å²) < 4.78 is 10.6. The summed E-state index contributed by atoms with van der Waals surface area (Å²) in [7, 11) is 1.52. The van der Waals surface area contributed by atoms with Gasteiger partial charge in [-0.1, -0.05) is 31.4 Å². The van der Waals surface area contributed by atoms with Crippen LogP contribution in [0.15, 0.2) is 35.1 Å². The Bertz CT molecular complexity index is 688. The summed E-state index contributed by atoms with van der Waals surface area (Å²) in [5.74, 6) is 0.163. The largest absolute Gasteiger partial charge is 0.495 e. The van der Waals surface area contributed by atoms with Gasteiger partial charge in [0, 0.05) is 22.1 Å². The molecule has 0 saturated heterocycles. The van der Waals surface area contributed by atoms with Gasteiger partial charge in [-0.3, -0.25) is 0 Å². The number of carbonyl (C=O) groups is 1. The number of aromatic carboxylic acids is 1. The van der Waals surface area contributed by atoms with Gasteiger partial charge in [0.15, 0.2) is 0 Å². The van der Waals surface area contributed by atoms with Crippen LogP contribution in [0.25, 0.3) is 11.1 Å². The molecule has 1 aliphatic carbocycles. The minimum Gasteiger partial charge on any atom is -0.495 e. The fraction of sp³-hybridized carbons (Fsp3) is 0.421. The molecule has 24 heavy (non-hydrogen) atoms. The normalized spacial score (nSPS) is 15.4. The van der Waals surface area contributed by atoms with Gasteiger partial charge in [0.1, 0.15) is 11.3 Å². The fourth-order valence-corrected chi connectivity index (χ4v) is 4.60. The van der Waals surface area contributed by atoms with Crippen molar-refractivity contribution in [2.24, 2.45) is 0 Å². The van der Waals surface area contributed by atoms with E-state index >= 15 is 0 Å². The predicted molar refractivity (Wildman–Crippen MR) is 95.8 cm³/mol. The molecule has 128 valence electrons. The zero-order chi connectivity index (χ0) is 16.9. The van der Waals surface area contributed by atoms with E-state index in [1.54, 1.807) is 18.6 Å². The number of hydrogen-bond donors (Lipinski definition) is 1. The number of methoxy groups -OCH3 is 1. The lowest BCUT2D eigenvalue weighted by Crippen LogP contribution is -2.10. The van der Waals surface area contributed by atoms with Crippen molar-refractivity contribution in [3.05, 3.63) is 41.9 Å². The number of thioether (sulfide) groups is 1. The Kier molecular flexibility index (Phi) is 5.51. The Morgan fingerprint density at radius 3 is 2.71 bits per heavy atom. The van der Waals surface area contributed by atoms with Gasteiger partial charge in [0.05, 0.1) is 19.6 Å². The molecule has 4 nitrogen and oxygen atoms in total. The van der Waals surface area contributed by atoms with Gasteiger partial charge in [-0.15, -0.1) is 0 Å². The number of carboxylic acids is 1. The maximum Gasteiger partial charge on any atom is 0.339 e. The van der Waals surface area contributed by atoms with Crippen LogP contribution in [0.3, 0.4) is 0 Å². The van der Waals surface area contributed by atoms with E-state index in [9.17, 15) is 9.90 Å². The molecular formula is C19H22O4S. The molecule has 1 fully saturated rings. The van der Waals surface area contributed by atoms with Crippen LogP contribution in [-0.4, -0.2) is 23.4 Å². The Morgan fingerprint density at radius 2 is 2.08 bits per heavy atom. The summed E-state index contributed by atoms with van der Waals surface area (Å²) >= 11 is 1.87. The zero-order valence-electron chi connectivity index (χ0n) is 13.8. The molecule has 0 bridgehead atoms. The third-order valence-corrected chi connectivity index (χ3v) is 5.94. The summed E-state index contributed by atoms with van der Waals surface area (Å²) in [6.45, 7) is 0. The Morgan fingerprint density at radius 1 is 1.29 bits per heavy atom. The number of rotatable bonds is 6. The van der Waals surface area contributed by atoms with Gasteiger partial charge >= 0.3 is 5.97 Å². The molecule has 1 aliphatic rings. The maximum atomic E-state index is 11.9. The van der Waals surface area contributed by atoms with Crippen molar-refractivity contribution in [3.63, 3.8) is 0 Å². The van der Waals surface area contributed by atoms with E-state index in [-0.39, 0.29) is 5.56 Å². The molecule has 1 saturated carbocycles. The third kappa shape index (κ3) is 3.61. The zero-order valence-corrected chi connectivity index (χ0v) is 14.6. The van der Waals surface area contributed by atoms with E-state index < -0.39 is 5.97 Å². The number of benzene rings is 1. The van der Waals surface area contributed by atoms with E-state index in [1.807, 2.05) is 23.9 Å². The second kappa shape index (κ2) is 7.79. The van der Waals surface area contributed by atoms with Crippen molar-refractivity contribution >= 4 is 17.7 Å². The van der Waals surface area contributed by atoms with Crippen LogP contribution in [-0.2, 0) is 5.75 Å². The maximum absolute atomic E-state index is 11.9. The van der Waals surface area contributed by atoms with Crippen LogP contribution >= 0.6 is 11.8 Å². The van der Waals surface area contributed by atoms with E-state index in [2.05, 4.69) is 0 Å². The number of ether oxygens (including phenoxy) is 1. The minimum atomic E-state index is -0.948. The third-order valence-electron chi connectivity index (χ3n) is 4.52. The van der Waals surface area contributed by atoms with Crippen molar-refractivity contribution in [2.75, 3.05) is 7.11 Å². The van der Waals surface area contributed by atoms with Crippen LogP contribution in [0.1, 0.15) is 48.0 Å². The summed E-state index contributed by atoms with van der Waals surface area (Å²) in [5.41, 5.74) is 2.65. The SMILES string of the molecule is COc1c(-c2ccoc2)ccc(CSC2CCCCC2)c1C(=O)O. The van der Waals surface area contributed by atoms with E-state index in [1.165, 1.54) is 39.2 Å². The van der Waals surface area contributed by atoms with Crippen LogP contribution < -0.4 is 4.74 Å². The molecule has 0 radical (unpaired) electrons. The average Bonchev–Trinajstić information content (AvgIpc) is 3.14. The molecule has 0 unspecified atom stereocenters. The van der Waals surface area contributed by atoms with Gasteiger partial charge in [-0.25, -0.2) is 4.79 Å². The minimum absolute atomic E-state index is 0.263. The molecule has 1 aromatic heterocycles. The molecule has 1 aromatic carbocycles. The number of carboxylic acid groups (broad SMARTS) is 1. The van der Waals surface area contributed by atoms with Crippen molar-refractivity contribution in [1.29, 1.82) is 0 Å². The van der Waals surface area contributed by atoms with Crippen molar-refractivity contribution in [2.45, 2.75) is 43.1 Å². The van der Waals surface area contributed by atoms with Crippen LogP contribution in [0.5, 0.6) is 5.75 Å². The second-order valence-corrected chi connectivity index (χ2v) is 7.36. The summed E-state index contributed by atoms with van der Waals surface area (Å²) in [5, 5.41) is 10.4. The first kappa shape index (κ1) is 17.0. The van der Waals surface area contributed by atoms with Crippen LogP contribution in [0.2, 0.25) is 0 Å². The number of furan rings is 1. The lowest BCUT2D eigenvalue weighted by Gasteiger charge is -2.22. The lowest BCUT2D eigenvalue weighted by atomic mass is 9.99. The average molecular weight is 346 g/mol. The highest BCUT2D eigenvalue weighted by molar-refractivity contribution is 7.99. The fourth-order valence-electron chi connectivity index (χ4n) is 3.27. The summed E-state index contributed by atoms with van der Waals surface area (Å²) in [6.07, 6.45) is 9.53. The van der Waals surface area contributed by atoms with E-state index in [0.29, 0.717) is 16.8 Å². The highest BCUT2D eigenvalue weighted by atomic mass is 32.2. The van der Waals surface area contributed by atoms with Gasteiger partial charge in [0.2, 0.25) is 0 Å². The van der Waals surface area contributed by atoms with Crippen LogP contribution in [0, 0.1) is 0 Å². The number of hydrogen-bond acceptors (Lipinski definition) is 4. The molecule has 2 aromatic rings. The molecule has 0 aliphatic heterocycles. The smallest absolute Gasteiger partial charge is 0.339 e. The summed E-state index contributed by atoms with van der Waals surface area (Å²) in [6, 6.07) is 5.64.